The summed E-state index contributed by atoms with van der Waals surface area (Å²) in [6.07, 6.45) is 9.82. The summed E-state index contributed by atoms with van der Waals surface area (Å²) in [6, 6.07) is 0. The predicted molar refractivity (Wildman–Crippen MR) is 94.7 cm³/mol. The summed E-state index contributed by atoms with van der Waals surface area (Å²) in [5, 5.41) is 19.1. The Morgan fingerprint density at radius 3 is 2.64 bits per heavy atom. The van der Waals surface area contributed by atoms with E-state index in [2.05, 4.69) is 26.5 Å². The van der Waals surface area contributed by atoms with Gasteiger partial charge in [-0.05, 0) is 69.3 Å². The van der Waals surface area contributed by atoms with Gasteiger partial charge in [-0.3, -0.25) is 0 Å². The molecule has 0 aromatic heterocycles. The summed E-state index contributed by atoms with van der Waals surface area (Å²) in [7, 11) is 0. The number of rotatable bonds is 7. The fourth-order valence-electron chi connectivity index (χ4n) is 3.45. The van der Waals surface area contributed by atoms with Crippen LogP contribution in [0.3, 0.4) is 0 Å². The fraction of sp³-hybridized carbons (Fsp3) is 0.700. The molecule has 22 heavy (non-hydrogen) atoms. The first-order valence-electron chi connectivity index (χ1n) is 8.57. The highest BCUT2D eigenvalue weighted by molar-refractivity contribution is 5.14. The van der Waals surface area contributed by atoms with Crippen LogP contribution in [0.15, 0.2) is 35.5 Å². The van der Waals surface area contributed by atoms with Crippen molar-refractivity contribution in [3.05, 3.63) is 35.5 Å². The molecule has 0 spiro atoms. The van der Waals surface area contributed by atoms with E-state index < -0.39 is 0 Å². The molecule has 0 saturated heterocycles. The maximum atomic E-state index is 10.3. The molecule has 0 heterocycles. The van der Waals surface area contributed by atoms with Crippen LogP contribution in [0.4, 0.5) is 0 Å². The first kappa shape index (κ1) is 19.2. The van der Waals surface area contributed by atoms with Gasteiger partial charge in [-0.15, -0.1) is 0 Å². The van der Waals surface area contributed by atoms with Gasteiger partial charge in [-0.1, -0.05) is 43.7 Å². The number of hydrogen-bond acceptors (Lipinski definition) is 2. The van der Waals surface area contributed by atoms with Crippen molar-refractivity contribution in [2.24, 2.45) is 11.3 Å². The van der Waals surface area contributed by atoms with Crippen LogP contribution >= 0.6 is 0 Å². The molecule has 0 amide bonds. The van der Waals surface area contributed by atoms with Crippen molar-refractivity contribution in [1.82, 2.24) is 0 Å². The third kappa shape index (κ3) is 5.73. The van der Waals surface area contributed by atoms with E-state index >= 15 is 0 Å². The van der Waals surface area contributed by atoms with Crippen molar-refractivity contribution < 1.29 is 10.2 Å². The van der Waals surface area contributed by atoms with Crippen molar-refractivity contribution in [3.63, 3.8) is 0 Å². The second-order valence-electron chi connectivity index (χ2n) is 7.52. The topological polar surface area (TPSA) is 40.5 Å². The molecule has 126 valence electrons. The standard InChI is InChI=1S/C20H34O2/c1-15(12-14-21)8-11-19(22)17(3)9-10-18-16(2)7-6-13-20(18,4)5/h9,12,18-19,21-22H,2,6-8,10-11,13-14H2,1,3-5H3/b15-12+,17-9+/t18-,19-/m1/s1. The van der Waals surface area contributed by atoms with Crippen LogP contribution in [0.5, 0.6) is 0 Å². The zero-order valence-electron chi connectivity index (χ0n) is 14.9. The highest BCUT2D eigenvalue weighted by Gasteiger charge is 2.33. The van der Waals surface area contributed by atoms with Gasteiger partial charge in [0.1, 0.15) is 0 Å². The number of aliphatic hydroxyl groups is 2. The molecule has 0 unspecified atom stereocenters. The van der Waals surface area contributed by atoms with Crippen LogP contribution in [0.25, 0.3) is 0 Å². The third-order valence-corrected chi connectivity index (χ3v) is 5.21. The second-order valence-corrected chi connectivity index (χ2v) is 7.52. The first-order valence-corrected chi connectivity index (χ1v) is 8.57. The minimum absolute atomic E-state index is 0.0790. The van der Waals surface area contributed by atoms with Gasteiger partial charge in [0, 0.05) is 0 Å². The molecule has 1 rings (SSSR count). The second kappa shape index (κ2) is 8.69. The zero-order valence-corrected chi connectivity index (χ0v) is 14.9. The molecule has 0 aliphatic heterocycles. The Bertz CT molecular complexity index is 429. The molecule has 1 aliphatic rings. The average Bonchev–Trinajstić information content (AvgIpc) is 2.43. The summed E-state index contributed by atoms with van der Waals surface area (Å²) in [5.74, 6) is 0.527. The molecule has 2 N–H and O–H groups in total. The average molecular weight is 306 g/mol. The predicted octanol–water partition coefficient (Wildman–Crippen LogP) is 4.79. The van der Waals surface area contributed by atoms with Crippen LogP contribution in [0.2, 0.25) is 0 Å². The normalized spacial score (nSPS) is 24.5. The van der Waals surface area contributed by atoms with Gasteiger partial charge in [0.15, 0.2) is 0 Å². The largest absolute Gasteiger partial charge is 0.392 e. The number of hydrogen-bond donors (Lipinski definition) is 2. The lowest BCUT2D eigenvalue weighted by molar-refractivity contribution is 0.186. The summed E-state index contributed by atoms with van der Waals surface area (Å²) in [6.45, 7) is 13.0. The van der Waals surface area contributed by atoms with Gasteiger partial charge in [0.25, 0.3) is 0 Å². The van der Waals surface area contributed by atoms with Crippen LogP contribution in [0, 0.1) is 11.3 Å². The van der Waals surface area contributed by atoms with Gasteiger partial charge in [0.2, 0.25) is 0 Å². The monoisotopic (exact) mass is 306 g/mol. The zero-order chi connectivity index (χ0) is 16.8. The molecular formula is C20H34O2. The first-order chi connectivity index (χ1) is 10.3. The third-order valence-electron chi connectivity index (χ3n) is 5.21. The van der Waals surface area contributed by atoms with Crippen LogP contribution in [0.1, 0.15) is 66.2 Å². The maximum Gasteiger partial charge on any atom is 0.0750 e. The highest BCUT2D eigenvalue weighted by atomic mass is 16.3. The van der Waals surface area contributed by atoms with E-state index in [1.54, 1.807) is 6.08 Å². The molecule has 0 aromatic carbocycles. The van der Waals surface area contributed by atoms with Gasteiger partial charge in [-0.25, -0.2) is 0 Å². The maximum absolute atomic E-state index is 10.3. The number of aliphatic hydroxyl groups excluding tert-OH is 2. The smallest absolute Gasteiger partial charge is 0.0750 e. The van der Waals surface area contributed by atoms with E-state index in [1.165, 1.54) is 18.4 Å². The molecule has 1 aliphatic carbocycles. The van der Waals surface area contributed by atoms with E-state index in [9.17, 15) is 5.11 Å². The van der Waals surface area contributed by atoms with E-state index in [0.717, 1.165) is 36.8 Å². The Morgan fingerprint density at radius 2 is 2.05 bits per heavy atom. The minimum atomic E-state index is -0.387. The Kier molecular flexibility index (Phi) is 7.58. The van der Waals surface area contributed by atoms with Gasteiger partial charge < -0.3 is 10.2 Å². The fourth-order valence-corrected chi connectivity index (χ4v) is 3.45. The van der Waals surface area contributed by atoms with Gasteiger partial charge in [-0.2, -0.15) is 0 Å². The summed E-state index contributed by atoms with van der Waals surface area (Å²) < 4.78 is 0. The van der Waals surface area contributed by atoms with E-state index in [1.807, 2.05) is 13.8 Å². The van der Waals surface area contributed by atoms with Crippen LogP contribution in [-0.4, -0.2) is 22.9 Å². The SMILES string of the molecule is C=C1CCCC(C)(C)[C@@H]1C/C=C(\C)[C@H](O)CC/C(C)=C/CO. The Morgan fingerprint density at radius 1 is 1.36 bits per heavy atom. The van der Waals surface area contributed by atoms with Crippen molar-refractivity contribution in [2.45, 2.75) is 72.3 Å². The molecule has 0 aromatic rings. The van der Waals surface area contributed by atoms with E-state index in [0.29, 0.717) is 11.3 Å². The molecular weight excluding hydrogens is 272 g/mol. The Balaban J connectivity index is 2.57. The van der Waals surface area contributed by atoms with Gasteiger partial charge >= 0.3 is 0 Å². The Hall–Kier alpha value is -0.860. The van der Waals surface area contributed by atoms with Gasteiger partial charge in [0.05, 0.1) is 12.7 Å². The molecule has 2 nitrogen and oxygen atoms in total. The lowest BCUT2D eigenvalue weighted by Crippen LogP contribution is -2.29. The molecule has 0 bridgehead atoms. The quantitative estimate of drug-likeness (QED) is 0.664. The summed E-state index contributed by atoms with van der Waals surface area (Å²) >= 11 is 0. The molecule has 2 atom stereocenters. The van der Waals surface area contributed by atoms with Crippen molar-refractivity contribution in [3.8, 4) is 0 Å². The molecule has 2 heteroatoms. The van der Waals surface area contributed by atoms with Crippen LogP contribution in [-0.2, 0) is 0 Å². The van der Waals surface area contributed by atoms with Crippen molar-refractivity contribution in [1.29, 1.82) is 0 Å². The molecule has 1 saturated carbocycles. The lowest BCUT2D eigenvalue weighted by atomic mass is 9.65. The highest BCUT2D eigenvalue weighted by Crippen LogP contribution is 2.45. The van der Waals surface area contributed by atoms with E-state index in [4.69, 9.17) is 5.11 Å². The lowest BCUT2D eigenvalue weighted by Gasteiger charge is -2.40. The number of allylic oxidation sites excluding steroid dienone is 3. The van der Waals surface area contributed by atoms with Crippen LogP contribution < -0.4 is 0 Å². The Labute approximate surface area is 136 Å². The summed E-state index contributed by atoms with van der Waals surface area (Å²) in [5.41, 5.74) is 3.89. The molecule has 1 fully saturated rings. The van der Waals surface area contributed by atoms with E-state index in [-0.39, 0.29) is 12.7 Å². The van der Waals surface area contributed by atoms with Crippen molar-refractivity contribution in [2.75, 3.05) is 6.61 Å². The summed E-state index contributed by atoms with van der Waals surface area (Å²) in [4.78, 5) is 0. The minimum Gasteiger partial charge on any atom is -0.392 e. The molecule has 0 radical (unpaired) electrons. The van der Waals surface area contributed by atoms with Crippen molar-refractivity contribution >= 4 is 0 Å².